The molecule has 0 rings (SSSR count). The fraction of sp³-hybridized carbons (Fsp3) is 0.778. The molecule has 0 radical (unpaired) electrons. The number of amides is 1. The molecule has 92 valence electrons. The Labute approximate surface area is 98.5 Å². The summed E-state index contributed by atoms with van der Waals surface area (Å²) in [5, 5.41) is 8.43. The average molecular weight is 248 g/mol. The zero-order valence-corrected chi connectivity index (χ0v) is 10.4. The predicted molar refractivity (Wildman–Crippen MR) is 62.0 cm³/mol. The molecule has 0 heterocycles. The summed E-state index contributed by atoms with van der Waals surface area (Å²) < 4.78 is 2.27. The van der Waals surface area contributed by atoms with E-state index < -0.39 is 10.7 Å². The van der Waals surface area contributed by atoms with E-state index in [1.165, 1.54) is 4.90 Å². The van der Waals surface area contributed by atoms with Gasteiger partial charge in [-0.25, -0.2) is 0 Å². The summed E-state index contributed by atoms with van der Waals surface area (Å²) in [6, 6.07) is 0. The molecular formula is C9H16N2O4S. The van der Waals surface area contributed by atoms with Crippen LogP contribution in [0.15, 0.2) is 4.58 Å². The number of rotatable bonds is 7. The Morgan fingerprint density at radius 2 is 1.94 bits per heavy atom. The lowest BCUT2D eigenvalue weighted by Gasteiger charge is -2.26. The molecule has 0 bridgehead atoms. The van der Waals surface area contributed by atoms with Gasteiger partial charge in [0.15, 0.2) is 0 Å². The number of hydrogen-bond acceptors (Lipinski definition) is 5. The van der Waals surface area contributed by atoms with E-state index in [1.807, 2.05) is 0 Å². The molecule has 0 aromatic carbocycles. The van der Waals surface area contributed by atoms with Gasteiger partial charge in [0, 0.05) is 36.5 Å². The van der Waals surface area contributed by atoms with Crippen molar-refractivity contribution in [2.24, 2.45) is 4.58 Å². The Balaban J connectivity index is 4.13. The molecule has 6 nitrogen and oxygen atoms in total. The SMILES string of the molecule is CN(CC(C)(C)SN=O)C(=O)CCC(=O)O. The van der Waals surface area contributed by atoms with Crippen LogP contribution in [0.4, 0.5) is 0 Å². The van der Waals surface area contributed by atoms with Crippen molar-refractivity contribution in [3.05, 3.63) is 4.91 Å². The number of carbonyl (C=O) groups is 2. The molecule has 0 aliphatic heterocycles. The summed E-state index contributed by atoms with van der Waals surface area (Å²) >= 11 is 0.863. The quantitative estimate of drug-likeness (QED) is 0.545. The highest BCUT2D eigenvalue weighted by molar-refractivity contribution is 7.99. The highest BCUT2D eigenvalue weighted by atomic mass is 32.2. The second-order valence-corrected chi connectivity index (χ2v) is 5.51. The Kier molecular flexibility index (Phi) is 6.02. The predicted octanol–water partition coefficient (Wildman–Crippen LogP) is 1.50. The lowest BCUT2D eigenvalue weighted by Crippen LogP contribution is -2.37. The molecule has 0 fully saturated rings. The van der Waals surface area contributed by atoms with Crippen molar-refractivity contribution >= 4 is 23.8 Å². The van der Waals surface area contributed by atoms with Crippen molar-refractivity contribution in [2.45, 2.75) is 31.4 Å². The smallest absolute Gasteiger partial charge is 0.303 e. The van der Waals surface area contributed by atoms with Gasteiger partial charge in [-0.15, -0.1) is 4.91 Å². The lowest BCUT2D eigenvalue weighted by molar-refractivity contribution is -0.140. The molecule has 0 saturated carbocycles. The Morgan fingerprint density at radius 3 is 2.38 bits per heavy atom. The van der Waals surface area contributed by atoms with Crippen LogP contribution in [0, 0.1) is 4.91 Å². The molecule has 0 unspecified atom stereocenters. The van der Waals surface area contributed by atoms with Crippen molar-refractivity contribution < 1.29 is 14.7 Å². The van der Waals surface area contributed by atoms with Crippen LogP contribution in [0.3, 0.4) is 0 Å². The first-order valence-electron chi connectivity index (χ1n) is 4.75. The van der Waals surface area contributed by atoms with Crippen LogP contribution in [0.5, 0.6) is 0 Å². The summed E-state index contributed by atoms with van der Waals surface area (Å²) in [4.78, 5) is 33.3. The molecule has 1 amide bonds. The molecule has 1 N–H and O–H groups in total. The summed E-state index contributed by atoms with van der Waals surface area (Å²) in [6.07, 6.45) is -0.205. The van der Waals surface area contributed by atoms with Gasteiger partial charge in [0.1, 0.15) is 0 Å². The van der Waals surface area contributed by atoms with Crippen molar-refractivity contribution in [1.82, 2.24) is 4.90 Å². The highest BCUT2D eigenvalue weighted by Gasteiger charge is 2.24. The van der Waals surface area contributed by atoms with E-state index in [1.54, 1.807) is 20.9 Å². The van der Waals surface area contributed by atoms with Gasteiger partial charge < -0.3 is 10.0 Å². The number of nitrogens with zero attached hydrogens (tertiary/aromatic N) is 2. The van der Waals surface area contributed by atoms with E-state index in [-0.39, 0.29) is 18.7 Å². The zero-order chi connectivity index (χ0) is 12.8. The average Bonchev–Trinajstić information content (AvgIpc) is 2.12. The van der Waals surface area contributed by atoms with Gasteiger partial charge in [0.25, 0.3) is 0 Å². The Morgan fingerprint density at radius 1 is 1.38 bits per heavy atom. The first-order valence-corrected chi connectivity index (χ1v) is 5.52. The van der Waals surface area contributed by atoms with Crippen molar-refractivity contribution in [3.8, 4) is 0 Å². The summed E-state index contributed by atoms with van der Waals surface area (Å²) in [6.45, 7) is 3.93. The normalized spacial score (nSPS) is 10.9. The minimum Gasteiger partial charge on any atom is -0.481 e. The van der Waals surface area contributed by atoms with Crippen LogP contribution in [-0.4, -0.2) is 40.2 Å². The third-order valence-corrected chi connectivity index (χ3v) is 2.58. The molecule has 0 aliphatic rings. The monoisotopic (exact) mass is 248 g/mol. The maximum absolute atomic E-state index is 11.5. The fourth-order valence-electron chi connectivity index (χ4n) is 1.19. The topological polar surface area (TPSA) is 87.0 Å². The second-order valence-electron chi connectivity index (χ2n) is 4.07. The summed E-state index contributed by atoms with van der Waals surface area (Å²) in [7, 11) is 1.58. The van der Waals surface area contributed by atoms with E-state index in [9.17, 15) is 14.5 Å². The number of nitroso groups, excluding NO2 is 1. The molecule has 0 aliphatic carbocycles. The molecule has 16 heavy (non-hydrogen) atoms. The van der Waals surface area contributed by atoms with E-state index in [0.717, 1.165) is 11.9 Å². The summed E-state index contributed by atoms with van der Waals surface area (Å²) in [5.41, 5.74) is 0. The van der Waals surface area contributed by atoms with Gasteiger partial charge in [0.05, 0.1) is 11.2 Å². The minimum atomic E-state index is -0.995. The molecular weight excluding hydrogens is 232 g/mol. The number of hydrogen-bond donors (Lipinski definition) is 1. The first kappa shape index (κ1) is 14.9. The van der Waals surface area contributed by atoms with Gasteiger partial charge in [0.2, 0.25) is 5.91 Å². The molecule has 0 spiro atoms. The molecule has 0 aromatic rings. The number of aliphatic carboxylic acids is 1. The van der Waals surface area contributed by atoms with E-state index >= 15 is 0 Å². The van der Waals surface area contributed by atoms with Gasteiger partial charge in [-0.2, -0.15) is 0 Å². The van der Waals surface area contributed by atoms with Gasteiger partial charge in [-0.1, -0.05) is 0 Å². The standard InChI is InChI=1S/C9H16N2O4S/c1-9(2,16-10-15)6-11(3)7(12)4-5-8(13)14/h4-6H2,1-3H3,(H,13,14). The van der Waals surface area contributed by atoms with E-state index in [2.05, 4.69) is 4.58 Å². The third kappa shape index (κ3) is 6.39. The Hall–Kier alpha value is -1.11. The molecule has 0 saturated heterocycles. The lowest BCUT2D eigenvalue weighted by atomic mass is 10.2. The van der Waals surface area contributed by atoms with Crippen molar-refractivity contribution in [1.29, 1.82) is 0 Å². The van der Waals surface area contributed by atoms with E-state index in [4.69, 9.17) is 5.11 Å². The number of carboxylic acid groups (broad SMARTS) is 1. The highest BCUT2D eigenvalue weighted by Crippen LogP contribution is 2.25. The van der Waals surface area contributed by atoms with Crippen molar-refractivity contribution in [3.63, 3.8) is 0 Å². The Bertz CT molecular complexity index is 281. The van der Waals surface area contributed by atoms with Crippen LogP contribution >= 0.6 is 11.9 Å². The van der Waals surface area contributed by atoms with Crippen LogP contribution in [0.2, 0.25) is 0 Å². The maximum Gasteiger partial charge on any atom is 0.303 e. The van der Waals surface area contributed by atoms with Gasteiger partial charge >= 0.3 is 5.97 Å². The zero-order valence-electron chi connectivity index (χ0n) is 9.60. The van der Waals surface area contributed by atoms with Crippen LogP contribution in [-0.2, 0) is 9.59 Å². The van der Waals surface area contributed by atoms with E-state index in [0.29, 0.717) is 6.54 Å². The van der Waals surface area contributed by atoms with Gasteiger partial charge in [-0.3, -0.25) is 9.59 Å². The third-order valence-electron chi connectivity index (χ3n) is 1.88. The molecule has 0 atom stereocenters. The fourth-order valence-corrected chi connectivity index (χ4v) is 1.65. The van der Waals surface area contributed by atoms with Crippen LogP contribution in [0.1, 0.15) is 26.7 Å². The van der Waals surface area contributed by atoms with Crippen LogP contribution < -0.4 is 0 Å². The minimum absolute atomic E-state index is 0.0267. The first-order chi connectivity index (χ1) is 7.28. The number of carbonyl (C=O) groups excluding carboxylic acids is 1. The van der Waals surface area contributed by atoms with Crippen LogP contribution in [0.25, 0.3) is 0 Å². The second kappa shape index (κ2) is 6.47. The maximum atomic E-state index is 11.5. The number of carboxylic acids is 1. The largest absolute Gasteiger partial charge is 0.481 e. The summed E-state index contributed by atoms with van der Waals surface area (Å²) in [5.74, 6) is -1.24. The van der Waals surface area contributed by atoms with Gasteiger partial charge in [-0.05, 0) is 13.8 Å². The molecule has 0 aromatic heterocycles. The molecule has 7 heteroatoms. The van der Waals surface area contributed by atoms with Crippen molar-refractivity contribution in [2.75, 3.05) is 13.6 Å².